The van der Waals surface area contributed by atoms with Crippen molar-refractivity contribution in [2.75, 3.05) is 0 Å². The zero-order valence-corrected chi connectivity index (χ0v) is 11.7. The molecule has 0 aliphatic heterocycles. The summed E-state index contributed by atoms with van der Waals surface area (Å²) in [5.74, 6) is -0.533. The highest BCUT2D eigenvalue weighted by atomic mass is 32.2. The fourth-order valence-electron chi connectivity index (χ4n) is 2.30. The molecule has 0 bridgehead atoms. The predicted molar refractivity (Wildman–Crippen MR) is 76.8 cm³/mol. The van der Waals surface area contributed by atoms with Crippen LogP contribution >= 0.6 is 0 Å². The fraction of sp³-hybridized carbons (Fsp3) is 0.0667. The lowest BCUT2D eigenvalue weighted by Gasteiger charge is -2.10. The lowest BCUT2D eigenvalue weighted by molar-refractivity contribution is 0.276. The number of aromatic nitrogens is 1. The molecule has 0 spiro atoms. The number of fused-ring (bicyclic) bond motifs is 1. The van der Waals surface area contributed by atoms with Gasteiger partial charge in [0.15, 0.2) is 0 Å². The molecule has 0 amide bonds. The van der Waals surface area contributed by atoms with Gasteiger partial charge < -0.3 is 5.11 Å². The number of hydrogen-bond acceptors (Lipinski definition) is 3. The molecule has 21 heavy (non-hydrogen) atoms. The van der Waals surface area contributed by atoms with Crippen molar-refractivity contribution in [3.8, 4) is 0 Å². The largest absolute Gasteiger partial charge is 0.390 e. The predicted octanol–water partition coefficient (Wildman–Crippen LogP) is 2.51. The molecule has 1 heterocycles. The number of hydrogen-bond donors (Lipinski definition) is 1. The monoisotopic (exact) mass is 305 g/mol. The maximum absolute atomic E-state index is 13.4. The van der Waals surface area contributed by atoms with Crippen molar-refractivity contribution in [2.45, 2.75) is 11.5 Å². The lowest BCUT2D eigenvalue weighted by atomic mass is 10.2. The van der Waals surface area contributed by atoms with Crippen molar-refractivity contribution in [1.29, 1.82) is 0 Å². The van der Waals surface area contributed by atoms with Gasteiger partial charge in [0.1, 0.15) is 5.82 Å². The summed E-state index contributed by atoms with van der Waals surface area (Å²) in [6.07, 6.45) is 0. The highest BCUT2D eigenvalue weighted by Crippen LogP contribution is 2.26. The molecule has 0 radical (unpaired) electrons. The summed E-state index contributed by atoms with van der Waals surface area (Å²) in [5.41, 5.74) is 0.405. The number of rotatable bonds is 3. The van der Waals surface area contributed by atoms with Crippen molar-refractivity contribution < 1.29 is 17.9 Å². The van der Waals surface area contributed by atoms with E-state index >= 15 is 0 Å². The van der Waals surface area contributed by atoms with Crippen LogP contribution in [0.2, 0.25) is 0 Å². The highest BCUT2D eigenvalue weighted by molar-refractivity contribution is 7.90. The zero-order chi connectivity index (χ0) is 15.0. The van der Waals surface area contributed by atoms with Crippen LogP contribution in [0.1, 0.15) is 5.69 Å². The molecule has 0 unspecified atom stereocenters. The molecule has 4 nitrogen and oxygen atoms in total. The molecular weight excluding hydrogens is 293 g/mol. The van der Waals surface area contributed by atoms with Crippen molar-refractivity contribution >= 4 is 20.9 Å². The second-order valence-corrected chi connectivity index (χ2v) is 6.37. The fourth-order valence-corrected chi connectivity index (χ4v) is 3.85. The minimum Gasteiger partial charge on any atom is -0.390 e. The van der Waals surface area contributed by atoms with E-state index in [9.17, 15) is 17.9 Å². The van der Waals surface area contributed by atoms with Gasteiger partial charge in [0.25, 0.3) is 10.0 Å². The Labute approximate surface area is 121 Å². The number of halogens is 1. The number of aliphatic hydroxyl groups excluding tert-OH is 1. The molecule has 0 saturated heterocycles. The molecule has 108 valence electrons. The van der Waals surface area contributed by atoms with Crippen molar-refractivity contribution in [3.63, 3.8) is 0 Å². The number of aliphatic hydroxyl groups is 1. The Balaban J connectivity index is 2.36. The summed E-state index contributed by atoms with van der Waals surface area (Å²) < 4.78 is 39.9. The molecule has 6 heteroatoms. The average molecular weight is 305 g/mol. The van der Waals surface area contributed by atoms with Crippen molar-refractivity contribution in [2.24, 2.45) is 0 Å². The van der Waals surface area contributed by atoms with Crippen LogP contribution in [0.25, 0.3) is 10.9 Å². The second-order valence-electron chi connectivity index (χ2n) is 4.58. The smallest absolute Gasteiger partial charge is 0.268 e. The summed E-state index contributed by atoms with van der Waals surface area (Å²) in [6.45, 7) is -0.456. The van der Waals surface area contributed by atoms with E-state index in [0.29, 0.717) is 5.39 Å². The quantitative estimate of drug-likeness (QED) is 0.809. The Bertz CT molecular complexity index is 901. The van der Waals surface area contributed by atoms with E-state index in [1.54, 1.807) is 18.2 Å². The molecule has 0 aliphatic rings. The van der Waals surface area contributed by atoms with Crippen LogP contribution in [0.15, 0.2) is 59.5 Å². The molecule has 0 aliphatic carbocycles. The Morgan fingerprint density at radius 1 is 1.05 bits per heavy atom. The van der Waals surface area contributed by atoms with Gasteiger partial charge in [0.05, 0.1) is 22.7 Å². The first-order valence-corrected chi connectivity index (χ1v) is 7.69. The van der Waals surface area contributed by atoms with Crippen LogP contribution in [0.3, 0.4) is 0 Å². The molecule has 0 fully saturated rings. The Morgan fingerprint density at radius 2 is 1.76 bits per heavy atom. The Kier molecular flexibility index (Phi) is 3.27. The molecular formula is C15H12FNO3S. The van der Waals surface area contributed by atoms with Crippen LogP contribution in [0.5, 0.6) is 0 Å². The van der Waals surface area contributed by atoms with E-state index in [1.807, 2.05) is 0 Å². The first-order chi connectivity index (χ1) is 10.0. The Morgan fingerprint density at radius 3 is 2.43 bits per heavy atom. The van der Waals surface area contributed by atoms with E-state index in [2.05, 4.69) is 0 Å². The third kappa shape index (κ3) is 2.22. The van der Waals surface area contributed by atoms with Gasteiger partial charge in [-0.25, -0.2) is 16.8 Å². The summed E-state index contributed by atoms with van der Waals surface area (Å²) in [5, 5.41) is 9.98. The second kappa shape index (κ2) is 4.98. The lowest BCUT2D eigenvalue weighted by Crippen LogP contribution is -2.15. The minimum atomic E-state index is -3.89. The van der Waals surface area contributed by atoms with Crippen LogP contribution < -0.4 is 0 Å². The van der Waals surface area contributed by atoms with Crippen LogP contribution in [-0.2, 0) is 16.6 Å². The van der Waals surface area contributed by atoms with Gasteiger partial charge >= 0.3 is 0 Å². The number of benzene rings is 2. The molecule has 1 N–H and O–H groups in total. The molecule has 0 atom stereocenters. The summed E-state index contributed by atoms with van der Waals surface area (Å²) in [7, 11) is -3.89. The van der Waals surface area contributed by atoms with Crippen LogP contribution in [0.4, 0.5) is 4.39 Å². The summed E-state index contributed by atoms with van der Waals surface area (Å²) >= 11 is 0. The molecule has 0 saturated carbocycles. The van der Waals surface area contributed by atoms with E-state index in [1.165, 1.54) is 30.3 Å². The van der Waals surface area contributed by atoms with Gasteiger partial charge in [0, 0.05) is 5.39 Å². The van der Waals surface area contributed by atoms with E-state index in [-0.39, 0.29) is 16.1 Å². The first-order valence-electron chi connectivity index (χ1n) is 6.25. The van der Waals surface area contributed by atoms with E-state index < -0.39 is 22.4 Å². The maximum Gasteiger partial charge on any atom is 0.268 e. The van der Waals surface area contributed by atoms with Crippen LogP contribution in [-0.4, -0.2) is 17.5 Å². The Hall–Kier alpha value is -2.18. The summed E-state index contributed by atoms with van der Waals surface area (Å²) in [4.78, 5) is 0.0847. The average Bonchev–Trinajstić information content (AvgIpc) is 2.86. The molecule has 3 rings (SSSR count). The highest BCUT2D eigenvalue weighted by Gasteiger charge is 2.22. The van der Waals surface area contributed by atoms with Crippen molar-refractivity contribution in [3.05, 3.63) is 66.1 Å². The van der Waals surface area contributed by atoms with Gasteiger partial charge in [-0.2, -0.15) is 0 Å². The van der Waals surface area contributed by atoms with E-state index in [0.717, 1.165) is 10.0 Å². The van der Waals surface area contributed by atoms with Gasteiger partial charge in [-0.15, -0.1) is 0 Å². The van der Waals surface area contributed by atoms with Gasteiger partial charge in [-0.05, 0) is 36.4 Å². The first kappa shape index (κ1) is 13.8. The molecule has 2 aromatic carbocycles. The molecule has 3 aromatic rings. The third-order valence-corrected chi connectivity index (χ3v) is 5.02. The third-order valence-electron chi connectivity index (χ3n) is 3.24. The van der Waals surface area contributed by atoms with Crippen molar-refractivity contribution in [1.82, 2.24) is 3.97 Å². The minimum absolute atomic E-state index is 0.0847. The van der Waals surface area contributed by atoms with Crippen LogP contribution in [0, 0.1) is 5.82 Å². The summed E-state index contributed by atoms with van der Waals surface area (Å²) in [6, 6.07) is 13.3. The SMILES string of the molecule is O=S(=O)(c1ccccc1)n1c(CO)cc2ccc(F)cc21. The maximum atomic E-state index is 13.4. The zero-order valence-electron chi connectivity index (χ0n) is 10.9. The van der Waals surface area contributed by atoms with Gasteiger partial charge in [-0.3, -0.25) is 0 Å². The van der Waals surface area contributed by atoms with Gasteiger partial charge in [-0.1, -0.05) is 18.2 Å². The van der Waals surface area contributed by atoms with Gasteiger partial charge in [0.2, 0.25) is 0 Å². The topological polar surface area (TPSA) is 59.3 Å². The normalized spacial score (nSPS) is 11.9. The standard InChI is InChI=1S/C15H12FNO3S/c16-12-7-6-11-8-13(10-18)17(15(11)9-12)21(19,20)14-4-2-1-3-5-14/h1-9,18H,10H2. The van der Waals surface area contributed by atoms with E-state index in [4.69, 9.17) is 0 Å². The number of nitrogens with zero attached hydrogens (tertiary/aromatic N) is 1. The molecule has 1 aromatic heterocycles.